The van der Waals surface area contributed by atoms with Gasteiger partial charge in [-0.3, -0.25) is 0 Å². The zero-order chi connectivity index (χ0) is 15.0. The highest BCUT2D eigenvalue weighted by Crippen LogP contribution is 2.33. The van der Waals surface area contributed by atoms with Crippen LogP contribution in [-0.2, 0) is 16.6 Å². The molecule has 1 aliphatic heterocycles. The van der Waals surface area contributed by atoms with Crippen LogP contribution in [0.15, 0.2) is 23.1 Å². The van der Waals surface area contributed by atoms with Crippen molar-refractivity contribution in [2.45, 2.75) is 30.0 Å². The molecule has 112 valence electrons. The molecule has 0 bridgehead atoms. The van der Waals surface area contributed by atoms with Crippen molar-refractivity contribution in [1.29, 1.82) is 0 Å². The number of rotatable bonds is 3. The SMILES string of the molecule is CC1(C)CN(S(=O)(=O)c2ccc(CN)cc2F)CCS1. The lowest BCUT2D eigenvalue weighted by molar-refractivity contribution is 0.385. The smallest absolute Gasteiger partial charge is 0.246 e. The second kappa shape index (κ2) is 5.63. The molecule has 0 aliphatic carbocycles. The molecule has 0 unspecified atom stereocenters. The molecule has 1 saturated heterocycles. The molecular weight excluding hydrogens is 299 g/mol. The summed E-state index contributed by atoms with van der Waals surface area (Å²) in [5.41, 5.74) is 6.01. The molecule has 0 saturated carbocycles. The van der Waals surface area contributed by atoms with Crippen LogP contribution in [0.2, 0.25) is 0 Å². The number of benzene rings is 1. The van der Waals surface area contributed by atoms with E-state index in [2.05, 4.69) is 0 Å². The van der Waals surface area contributed by atoms with Crippen molar-refractivity contribution in [3.8, 4) is 0 Å². The Hall–Kier alpha value is -0.630. The average molecular weight is 318 g/mol. The van der Waals surface area contributed by atoms with Crippen LogP contribution in [0.3, 0.4) is 0 Å². The molecule has 2 N–H and O–H groups in total. The van der Waals surface area contributed by atoms with Crippen molar-refractivity contribution in [2.75, 3.05) is 18.8 Å². The van der Waals surface area contributed by atoms with E-state index < -0.39 is 15.8 Å². The fraction of sp³-hybridized carbons (Fsp3) is 0.538. The highest BCUT2D eigenvalue weighted by molar-refractivity contribution is 8.00. The molecular formula is C13H19FN2O2S2. The summed E-state index contributed by atoms with van der Waals surface area (Å²) >= 11 is 1.73. The number of hydrogen-bond acceptors (Lipinski definition) is 4. The number of nitrogens with two attached hydrogens (primary N) is 1. The first kappa shape index (κ1) is 15.8. The summed E-state index contributed by atoms with van der Waals surface area (Å²) < 4.78 is 40.3. The largest absolute Gasteiger partial charge is 0.326 e. The third-order valence-electron chi connectivity index (χ3n) is 3.24. The van der Waals surface area contributed by atoms with Gasteiger partial charge >= 0.3 is 0 Å². The molecule has 1 aliphatic rings. The Morgan fingerprint density at radius 2 is 2.15 bits per heavy atom. The minimum atomic E-state index is -3.78. The van der Waals surface area contributed by atoms with E-state index >= 15 is 0 Å². The van der Waals surface area contributed by atoms with Gasteiger partial charge < -0.3 is 5.73 Å². The van der Waals surface area contributed by atoms with E-state index in [1.807, 2.05) is 13.8 Å². The minimum absolute atomic E-state index is 0.154. The quantitative estimate of drug-likeness (QED) is 0.923. The second-order valence-corrected chi connectivity index (χ2v) is 9.12. The topological polar surface area (TPSA) is 63.4 Å². The first-order valence-electron chi connectivity index (χ1n) is 6.39. The second-order valence-electron chi connectivity index (χ2n) is 5.42. The summed E-state index contributed by atoms with van der Waals surface area (Å²) in [6, 6.07) is 4.05. The van der Waals surface area contributed by atoms with Gasteiger partial charge in [-0.25, -0.2) is 12.8 Å². The normalized spacial score (nSPS) is 20.0. The Morgan fingerprint density at radius 1 is 1.45 bits per heavy atom. The van der Waals surface area contributed by atoms with E-state index in [0.29, 0.717) is 24.4 Å². The molecule has 1 fully saturated rings. The van der Waals surface area contributed by atoms with E-state index in [4.69, 9.17) is 5.73 Å². The van der Waals surface area contributed by atoms with Crippen LogP contribution in [0.4, 0.5) is 4.39 Å². The van der Waals surface area contributed by atoms with Crippen LogP contribution in [0.25, 0.3) is 0 Å². The van der Waals surface area contributed by atoms with Crippen LogP contribution in [0, 0.1) is 5.82 Å². The van der Waals surface area contributed by atoms with Crippen molar-refractivity contribution in [3.63, 3.8) is 0 Å². The molecule has 0 amide bonds. The molecule has 4 nitrogen and oxygen atoms in total. The van der Waals surface area contributed by atoms with E-state index in [9.17, 15) is 12.8 Å². The molecule has 20 heavy (non-hydrogen) atoms. The van der Waals surface area contributed by atoms with Crippen molar-refractivity contribution >= 4 is 21.8 Å². The molecule has 7 heteroatoms. The molecule has 1 aromatic carbocycles. The number of thioether (sulfide) groups is 1. The lowest BCUT2D eigenvalue weighted by Gasteiger charge is -2.36. The van der Waals surface area contributed by atoms with Crippen molar-refractivity contribution < 1.29 is 12.8 Å². The fourth-order valence-electron chi connectivity index (χ4n) is 2.20. The lowest BCUT2D eigenvalue weighted by Crippen LogP contribution is -2.46. The summed E-state index contributed by atoms with van der Waals surface area (Å²) in [7, 11) is -3.78. The fourth-order valence-corrected chi connectivity index (χ4v) is 5.15. The van der Waals surface area contributed by atoms with Gasteiger partial charge in [0.2, 0.25) is 10.0 Å². The van der Waals surface area contributed by atoms with Gasteiger partial charge in [-0.1, -0.05) is 6.07 Å². The summed E-state index contributed by atoms with van der Waals surface area (Å²) in [5.74, 6) is -0.0154. The maximum absolute atomic E-state index is 14.0. The molecule has 0 spiro atoms. The zero-order valence-corrected chi connectivity index (χ0v) is 13.2. The Balaban J connectivity index is 2.35. The van der Waals surface area contributed by atoms with Gasteiger partial charge in [-0.2, -0.15) is 16.1 Å². The summed E-state index contributed by atoms with van der Waals surface area (Å²) in [6.45, 7) is 4.97. The molecule has 1 aromatic rings. The van der Waals surface area contributed by atoms with Gasteiger partial charge in [0.25, 0.3) is 0 Å². The van der Waals surface area contributed by atoms with Gasteiger partial charge in [0.1, 0.15) is 10.7 Å². The Morgan fingerprint density at radius 3 is 2.70 bits per heavy atom. The maximum Gasteiger partial charge on any atom is 0.246 e. The molecule has 1 heterocycles. The number of halogens is 1. The number of sulfonamides is 1. The third-order valence-corrected chi connectivity index (χ3v) is 6.42. The van der Waals surface area contributed by atoms with Crippen molar-refractivity contribution in [3.05, 3.63) is 29.6 Å². The first-order valence-corrected chi connectivity index (χ1v) is 8.81. The highest BCUT2D eigenvalue weighted by Gasteiger charge is 2.35. The maximum atomic E-state index is 14.0. The van der Waals surface area contributed by atoms with Crippen LogP contribution in [0.5, 0.6) is 0 Å². The van der Waals surface area contributed by atoms with E-state index in [1.165, 1.54) is 16.4 Å². The monoisotopic (exact) mass is 318 g/mol. The van der Waals surface area contributed by atoms with Crippen molar-refractivity contribution in [1.82, 2.24) is 4.31 Å². The first-order chi connectivity index (χ1) is 9.26. The van der Waals surface area contributed by atoms with Gasteiger partial charge in [-0.05, 0) is 31.5 Å². The highest BCUT2D eigenvalue weighted by atomic mass is 32.2. The summed E-state index contributed by atoms with van der Waals surface area (Å²) in [6.07, 6.45) is 0. The van der Waals surface area contributed by atoms with Gasteiger partial charge in [-0.15, -0.1) is 0 Å². The average Bonchev–Trinajstić information content (AvgIpc) is 2.37. The number of nitrogens with zero attached hydrogens (tertiary/aromatic N) is 1. The predicted molar refractivity (Wildman–Crippen MR) is 79.6 cm³/mol. The van der Waals surface area contributed by atoms with E-state index in [1.54, 1.807) is 17.8 Å². The van der Waals surface area contributed by atoms with Crippen LogP contribution in [0.1, 0.15) is 19.4 Å². The lowest BCUT2D eigenvalue weighted by atomic mass is 10.2. The van der Waals surface area contributed by atoms with Crippen LogP contribution >= 0.6 is 11.8 Å². The van der Waals surface area contributed by atoms with Gasteiger partial charge in [0.15, 0.2) is 0 Å². The van der Waals surface area contributed by atoms with E-state index in [-0.39, 0.29) is 16.2 Å². The molecule has 0 atom stereocenters. The summed E-state index contributed by atoms with van der Waals surface area (Å²) in [5, 5.41) is 0. The molecule has 2 rings (SSSR count). The standard InChI is InChI=1S/C13H19FN2O2S2/c1-13(2)9-16(5-6-19-13)20(17,18)12-4-3-10(8-15)7-11(12)14/h3-4,7H,5-6,8-9,15H2,1-2H3. The Kier molecular flexibility index (Phi) is 4.44. The molecule has 0 aromatic heterocycles. The van der Waals surface area contributed by atoms with Gasteiger partial charge in [0.05, 0.1) is 0 Å². The minimum Gasteiger partial charge on any atom is -0.326 e. The third kappa shape index (κ3) is 3.16. The van der Waals surface area contributed by atoms with Crippen LogP contribution < -0.4 is 5.73 Å². The van der Waals surface area contributed by atoms with Crippen molar-refractivity contribution in [2.24, 2.45) is 5.73 Å². The summed E-state index contributed by atoms with van der Waals surface area (Å²) in [4.78, 5) is -0.266. The molecule has 0 radical (unpaired) electrons. The zero-order valence-electron chi connectivity index (χ0n) is 11.6. The Labute approximate surface area is 123 Å². The predicted octanol–water partition coefficient (Wildman–Crippen LogP) is 1.80. The number of hydrogen-bond donors (Lipinski definition) is 1. The van der Waals surface area contributed by atoms with Gasteiger partial charge in [0, 0.05) is 30.1 Å². The van der Waals surface area contributed by atoms with Crippen LogP contribution in [-0.4, -0.2) is 36.3 Å². The Bertz CT molecular complexity index is 602. The van der Waals surface area contributed by atoms with E-state index in [0.717, 1.165) is 0 Å².